The van der Waals surface area contributed by atoms with Crippen molar-refractivity contribution in [3.63, 3.8) is 0 Å². The van der Waals surface area contributed by atoms with E-state index in [1.807, 2.05) is 0 Å². The van der Waals surface area contributed by atoms with Crippen LogP contribution < -0.4 is 0 Å². The Labute approximate surface area is 202 Å². The van der Waals surface area contributed by atoms with Gasteiger partial charge in [0, 0.05) is 0 Å². The van der Waals surface area contributed by atoms with E-state index in [0.717, 1.165) is 0 Å². The van der Waals surface area contributed by atoms with Crippen LogP contribution in [0.3, 0.4) is 0 Å². The summed E-state index contributed by atoms with van der Waals surface area (Å²) in [6.45, 7) is -2.12. The van der Waals surface area contributed by atoms with E-state index < -0.39 is 93.2 Å². The van der Waals surface area contributed by atoms with E-state index in [2.05, 4.69) is 12.5 Å². The average molecular weight is 601 g/mol. The van der Waals surface area contributed by atoms with Crippen molar-refractivity contribution < 1.29 is 96.8 Å². The highest BCUT2D eigenvalue weighted by Gasteiger charge is 2.36. The van der Waals surface area contributed by atoms with Crippen LogP contribution in [0.1, 0.15) is 0 Å². The Morgan fingerprint density at radius 3 is 1.17 bits per heavy atom. The number of aliphatic hydroxyl groups is 7. The van der Waals surface area contributed by atoms with E-state index in [0.29, 0.717) is 0 Å². The number of hydrogen-bond acceptors (Lipinski definition) is 18. The number of aliphatic hydroxyl groups excluding tert-OH is 7. The molecule has 0 bridgehead atoms. The first kappa shape index (κ1) is 36.8. The molecule has 0 unspecified atom stereocenters. The summed E-state index contributed by atoms with van der Waals surface area (Å²) in [4.78, 5) is 20.8. The van der Waals surface area contributed by atoms with Crippen molar-refractivity contribution in [1.82, 2.24) is 0 Å². The van der Waals surface area contributed by atoms with E-state index in [-0.39, 0.29) is 12.6 Å². The molecule has 36 heavy (non-hydrogen) atoms. The maximum Gasteiger partial charge on any atom is 0.398 e. The molecular formula is C12H24O21S3. The minimum absolute atomic E-state index is 0.189. The lowest BCUT2D eigenvalue weighted by Gasteiger charge is -2.24. The molecule has 0 radical (unpaired) electrons. The summed E-state index contributed by atoms with van der Waals surface area (Å²) in [5, 5.41) is 63.5. The molecular weight excluding hydrogens is 576 g/mol. The van der Waals surface area contributed by atoms with Gasteiger partial charge in [-0.05, 0) is 0 Å². The SMILES string of the molecule is O=C[C@H](OS(=O)(=O)O)[C@@H](O)[C@@H](O)[C@H](O)CO.O=C[C@H](OS(=O)(=O)O)[C@@H](O)[C@@H](O)[C@H](O)COS(=O)(=O)O. The summed E-state index contributed by atoms with van der Waals surface area (Å²) in [6, 6.07) is 0. The second kappa shape index (κ2) is 15.8. The second-order valence-corrected chi connectivity index (χ2v) is 9.43. The predicted octanol–water partition coefficient (Wildman–Crippen LogP) is -7.28. The lowest BCUT2D eigenvalue weighted by atomic mass is 10.0. The van der Waals surface area contributed by atoms with Crippen molar-refractivity contribution in [2.24, 2.45) is 0 Å². The minimum atomic E-state index is -5.13. The molecule has 0 saturated carbocycles. The Morgan fingerprint density at radius 2 is 0.917 bits per heavy atom. The van der Waals surface area contributed by atoms with Crippen molar-refractivity contribution in [1.29, 1.82) is 0 Å². The quantitative estimate of drug-likeness (QED) is 0.0580. The molecule has 21 nitrogen and oxygen atoms in total. The van der Waals surface area contributed by atoms with Gasteiger partial charge in [0.05, 0.1) is 13.2 Å². The minimum Gasteiger partial charge on any atom is -0.394 e. The Balaban J connectivity index is 0. The lowest BCUT2D eigenvalue weighted by molar-refractivity contribution is -0.133. The summed E-state index contributed by atoms with van der Waals surface area (Å²) < 4.78 is 97.4. The molecule has 0 spiro atoms. The van der Waals surface area contributed by atoms with Gasteiger partial charge in [-0.25, -0.2) is 12.5 Å². The highest BCUT2D eigenvalue weighted by Crippen LogP contribution is 2.10. The molecule has 24 heteroatoms. The molecule has 0 heterocycles. The van der Waals surface area contributed by atoms with Crippen molar-refractivity contribution in [2.45, 2.75) is 48.8 Å². The molecule has 0 aromatic carbocycles. The third-order valence-corrected chi connectivity index (χ3v) is 4.83. The van der Waals surface area contributed by atoms with E-state index in [1.165, 1.54) is 0 Å². The van der Waals surface area contributed by atoms with Gasteiger partial charge in [-0.1, -0.05) is 0 Å². The first-order valence-corrected chi connectivity index (χ1v) is 12.7. The third kappa shape index (κ3) is 16.4. The zero-order valence-corrected chi connectivity index (χ0v) is 19.8. The van der Waals surface area contributed by atoms with Crippen molar-refractivity contribution in [3.8, 4) is 0 Å². The number of rotatable bonds is 16. The second-order valence-electron chi connectivity index (χ2n) is 6.24. The number of carbonyl (C=O) groups excluding carboxylic acids is 2. The van der Waals surface area contributed by atoms with E-state index in [4.69, 9.17) is 29.0 Å². The molecule has 0 saturated heterocycles. The summed E-state index contributed by atoms with van der Waals surface area (Å²) in [5.41, 5.74) is 0. The molecule has 0 amide bonds. The van der Waals surface area contributed by atoms with Crippen LogP contribution >= 0.6 is 0 Å². The van der Waals surface area contributed by atoms with Gasteiger partial charge in [-0.3, -0.25) is 13.7 Å². The number of carbonyl (C=O) groups is 2. The topological polar surface area (TPSA) is 367 Å². The van der Waals surface area contributed by atoms with Crippen LogP contribution in [0.25, 0.3) is 0 Å². The molecule has 0 fully saturated rings. The average Bonchev–Trinajstić information content (AvgIpc) is 2.75. The molecule has 0 aliphatic carbocycles. The molecule has 10 N–H and O–H groups in total. The standard InChI is InChI=1S/C6H12O12S2.C6H12O9S/c7-1-4(18-20(14,15)16)6(10)5(9)3(8)2-17-19(11,12)13;7-1-3(9)5(10)6(11)4(2-8)15-16(12,13)14/h1,3-6,8-10H,2H2,(H,11,12,13)(H,14,15,16);2-7,9-11H,1H2,(H,12,13,14)/t2*3-,4+,5+,6-/m11/s1. The Morgan fingerprint density at radius 1 is 0.583 bits per heavy atom. The zero-order chi connectivity index (χ0) is 29.1. The Hall–Kier alpha value is -1.33. The van der Waals surface area contributed by atoms with Gasteiger partial charge in [0.15, 0.2) is 24.8 Å². The summed E-state index contributed by atoms with van der Waals surface area (Å²) in [6.07, 6.45) is -17.5. The van der Waals surface area contributed by atoms with Crippen LogP contribution in [0.5, 0.6) is 0 Å². The number of aldehydes is 2. The predicted molar refractivity (Wildman–Crippen MR) is 106 cm³/mol. The van der Waals surface area contributed by atoms with Gasteiger partial charge < -0.3 is 45.3 Å². The molecule has 8 atom stereocenters. The van der Waals surface area contributed by atoms with Gasteiger partial charge in [0.2, 0.25) is 0 Å². The molecule has 0 aromatic heterocycles. The fourth-order valence-electron chi connectivity index (χ4n) is 1.81. The summed E-state index contributed by atoms with van der Waals surface area (Å²) >= 11 is 0. The number of hydrogen-bond donors (Lipinski definition) is 10. The summed E-state index contributed by atoms with van der Waals surface area (Å²) in [5.74, 6) is 0. The fourth-order valence-corrected chi connectivity index (χ4v) is 3.00. The normalized spacial score (nSPS) is 19.4. The van der Waals surface area contributed by atoms with Gasteiger partial charge in [0.25, 0.3) is 0 Å². The zero-order valence-electron chi connectivity index (χ0n) is 17.4. The first-order chi connectivity index (χ1) is 16.1. The Kier molecular flexibility index (Phi) is 16.2. The van der Waals surface area contributed by atoms with Crippen LogP contribution in [0, 0.1) is 0 Å². The largest absolute Gasteiger partial charge is 0.398 e. The smallest absolute Gasteiger partial charge is 0.394 e. The van der Waals surface area contributed by atoms with Gasteiger partial charge >= 0.3 is 31.2 Å². The highest BCUT2D eigenvalue weighted by atomic mass is 32.3. The van der Waals surface area contributed by atoms with Crippen LogP contribution in [0.2, 0.25) is 0 Å². The molecule has 0 aromatic rings. The van der Waals surface area contributed by atoms with Crippen LogP contribution in [-0.4, -0.2) is 149 Å². The molecule has 0 aliphatic heterocycles. The van der Waals surface area contributed by atoms with Crippen LogP contribution in [0.15, 0.2) is 0 Å². The van der Waals surface area contributed by atoms with Gasteiger partial charge in [0.1, 0.15) is 36.6 Å². The van der Waals surface area contributed by atoms with Crippen molar-refractivity contribution in [3.05, 3.63) is 0 Å². The van der Waals surface area contributed by atoms with Crippen molar-refractivity contribution in [2.75, 3.05) is 13.2 Å². The molecule has 0 aliphatic rings. The van der Waals surface area contributed by atoms with E-state index in [1.54, 1.807) is 0 Å². The lowest BCUT2D eigenvalue weighted by Crippen LogP contribution is -2.48. The maximum absolute atomic E-state index is 10.4. The maximum atomic E-state index is 10.4. The molecule has 216 valence electrons. The van der Waals surface area contributed by atoms with E-state index >= 15 is 0 Å². The monoisotopic (exact) mass is 600 g/mol. The third-order valence-electron chi connectivity index (χ3n) is 3.47. The fraction of sp³-hybridized carbons (Fsp3) is 0.833. The van der Waals surface area contributed by atoms with Crippen molar-refractivity contribution >= 4 is 43.8 Å². The Bertz CT molecular complexity index is 976. The molecule has 0 rings (SSSR count). The van der Waals surface area contributed by atoms with E-state index in [9.17, 15) is 55.3 Å². The van der Waals surface area contributed by atoms with Gasteiger partial charge in [-0.15, -0.1) is 0 Å². The van der Waals surface area contributed by atoms with Crippen LogP contribution in [0.4, 0.5) is 0 Å². The highest BCUT2D eigenvalue weighted by molar-refractivity contribution is 7.81. The first-order valence-electron chi connectivity index (χ1n) is 8.63. The van der Waals surface area contributed by atoms with Crippen LogP contribution in [-0.2, 0) is 53.3 Å². The summed E-state index contributed by atoms with van der Waals surface area (Å²) in [7, 11) is -15.0. The van der Waals surface area contributed by atoms with Gasteiger partial charge in [-0.2, -0.15) is 25.3 Å².